The molecule has 0 bridgehead atoms. The third kappa shape index (κ3) is 5.56. The van der Waals surface area contributed by atoms with Crippen molar-refractivity contribution in [2.24, 2.45) is 10.4 Å². The first-order valence-electron chi connectivity index (χ1n) is 8.50. The fraction of sp³-hybridized carbons (Fsp3) is 0.611. The van der Waals surface area contributed by atoms with E-state index in [1.165, 1.54) is 19.3 Å². The van der Waals surface area contributed by atoms with E-state index in [-0.39, 0.29) is 0 Å². The average Bonchev–Trinajstić information content (AvgIpc) is 2.56. The summed E-state index contributed by atoms with van der Waals surface area (Å²) in [6.07, 6.45) is 4.93. The zero-order valence-electron chi connectivity index (χ0n) is 14.6. The minimum atomic E-state index is 0.363. The maximum absolute atomic E-state index is 6.07. The van der Waals surface area contributed by atoms with E-state index in [1.807, 2.05) is 24.3 Å². The highest BCUT2D eigenvalue weighted by molar-refractivity contribution is 6.32. The number of nitrogens with one attached hydrogen (secondary N) is 2. The van der Waals surface area contributed by atoms with Crippen LogP contribution in [0.4, 0.5) is 0 Å². The smallest absolute Gasteiger partial charge is 0.191 e. The van der Waals surface area contributed by atoms with Crippen LogP contribution in [0.1, 0.15) is 25.7 Å². The average molecular weight is 354 g/mol. The number of guanidine groups is 1. The SMILES string of the molecule is CN=C(NCCOc1ccccc1Cl)NCC1(CCOC)CCC1. The van der Waals surface area contributed by atoms with Crippen LogP contribution in [0, 0.1) is 5.41 Å². The number of ether oxygens (including phenoxy) is 2. The predicted octanol–water partition coefficient (Wildman–Crippen LogP) is 3.09. The zero-order chi connectivity index (χ0) is 17.3. The number of aliphatic imine (C=N–C) groups is 1. The van der Waals surface area contributed by atoms with Crippen molar-refractivity contribution in [3.05, 3.63) is 29.3 Å². The first kappa shape index (κ1) is 18.9. The number of para-hydroxylation sites is 1. The summed E-state index contributed by atoms with van der Waals surface area (Å²) in [6.45, 7) is 2.94. The standard InChI is InChI=1S/C18H28ClN3O2/c1-20-17(22-14-18(8-5-9-18)10-12-23-2)21-11-13-24-16-7-4-3-6-15(16)19/h3-4,6-7H,5,8-14H2,1-2H3,(H2,20,21,22). The molecule has 0 heterocycles. The molecule has 1 aromatic carbocycles. The van der Waals surface area contributed by atoms with Gasteiger partial charge in [-0.05, 0) is 36.8 Å². The number of benzene rings is 1. The maximum atomic E-state index is 6.07. The fourth-order valence-corrected chi connectivity index (χ4v) is 3.08. The Kier molecular flexibility index (Phi) is 7.66. The van der Waals surface area contributed by atoms with Gasteiger partial charge in [-0.2, -0.15) is 0 Å². The van der Waals surface area contributed by atoms with Gasteiger partial charge < -0.3 is 20.1 Å². The van der Waals surface area contributed by atoms with E-state index in [4.69, 9.17) is 21.1 Å². The number of halogens is 1. The van der Waals surface area contributed by atoms with Crippen LogP contribution < -0.4 is 15.4 Å². The molecule has 0 unspecified atom stereocenters. The normalized spacial score (nSPS) is 16.4. The second kappa shape index (κ2) is 9.74. The molecule has 1 aromatic rings. The highest BCUT2D eigenvalue weighted by Gasteiger charge is 2.36. The lowest BCUT2D eigenvalue weighted by molar-refractivity contribution is 0.0732. The quantitative estimate of drug-likeness (QED) is 0.407. The first-order valence-corrected chi connectivity index (χ1v) is 8.88. The molecule has 1 fully saturated rings. The van der Waals surface area contributed by atoms with Crippen LogP contribution in [-0.4, -0.2) is 46.4 Å². The molecule has 0 aliphatic heterocycles. The van der Waals surface area contributed by atoms with Gasteiger partial charge in [-0.1, -0.05) is 30.2 Å². The Morgan fingerprint density at radius 2 is 2.04 bits per heavy atom. The predicted molar refractivity (Wildman–Crippen MR) is 99.1 cm³/mol. The Morgan fingerprint density at radius 1 is 1.25 bits per heavy atom. The minimum absolute atomic E-state index is 0.363. The van der Waals surface area contributed by atoms with E-state index >= 15 is 0 Å². The Bertz CT molecular complexity index is 533. The molecule has 0 radical (unpaired) electrons. The van der Waals surface area contributed by atoms with Gasteiger partial charge in [0.2, 0.25) is 0 Å². The Balaban J connectivity index is 1.68. The molecule has 0 spiro atoms. The van der Waals surface area contributed by atoms with Crippen LogP contribution in [0.3, 0.4) is 0 Å². The molecular formula is C18H28ClN3O2. The number of hydrogen-bond donors (Lipinski definition) is 2. The summed E-state index contributed by atoms with van der Waals surface area (Å²) in [5, 5.41) is 7.34. The van der Waals surface area contributed by atoms with Gasteiger partial charge >= 0.3 is 0 Å². The van der Waals surface area contributed by atoms with Gasteiger partial charge in [-0.15, -0.1) is 0 Å². The second-order valence-corrected chi connectivity index (χ2v) is 6.63. The summed E-state index contributed by atoms with van der Waals surface area (Å²) in [4.78, 5) is 4.27. The van der Waals surface area contributed by atoms with E-state index < -0.39 is 0 Å². The Hall–Kier alpha value is -1.46. The first-order chi connectivity index (χ1) is 11.7. The van der Waals surface area contributed by atoms with Crippen LogP contribution in [0.15, 0.2) is 29.3 Å². The summed E-state index contributed by atoms with van der Waals surface area (Å²) in [7, 11) is 3.55. The van der Waals surface area contributed by atoms with Crippen molar-refractivity contribution < 1.29 is 9.47 Å². The number of rotatable bonds is 9. The lowest BCUT2D eigenvalue weighted by Crippen LogP contribution is -2.47. The summed E-state index contributed by atoms with van der Waals surface area (Å²) < 4.78 is 10.9. The van der Waals surface area contributed by atoms with E-state index in [0.29, 0.717) is 29.3 Å². The van der Waals surface area contributed by atoms with Crippen LogP contribution >= 0.6 is 11.6 Å². The van der Waals surface area contributed by atoms with Gasteiger partial charge in [0.1, 0.15) is 12.4 Å². The molecule has 2 rings (SSSR count). The minimum Gasteiger partial charge on any atom is -0.490 e. The molecule has 0 aromatic heterocycles. The van der Waals surface area contributed by atoms with E-state index in [1.54, 1.807) is 14.2 Å². The van der Waals surface area contributed by atoms with Gasteiger partial charge in [0.15, 0.2) is 5.96 Å². The topological polar surface area (TPSA) is 54.9 Å². The Morgan fingerprint density at radius 3 is 2.67 bits per heavy atom. The summed E-state index contributed by atoms with van der Waals surface area (Å²) >= 11 is 6.07. The summed E-state index contributed by atoms with van der Waals surface area (Å²) in [6, 6.07) is 7.49. The summed E-state index contributed by atoms with van der Waals surface area (Å²) in [5.74, 6) is 1.51. The molecule has 0 amide bonds. The third-order valence-corrected chi connectivity index (χ3v) is 4.91. The van der Waals surface area contributed by atoms with E-state index in [2.05, 4.69) is 15.6 Å². The highest BCUT2D eigenvalue weighted by Crippen LogP contribution is 2.43. The lowest BCUT2D eigenvalue weighted by atomic mass is 9.67. The fourth-order valence-electron chi connectivity index (χ4n) is 2.89. The van der Waals surface area contributed by atoms with Gasteiger partial charge in [-0.3, -0.25) is 4.99 Å². The molecule has 0 atom stereocenters. The van der Waals surface area contributed by atoms with Crippen LogP contribution in [0.2, 0.25) is 5.02 Å². The van der Waals surface area contributed by atoms with Gasteiger partial charge in [0.25, 0.3) is 0 Å². The number of nitrogens with zero attached hydrogens (tertiary/aromatic N) is 1. The molecule has 0 saturated heterocycles. The molecule has 2 N–H and O–H groups in total. The molecule has 1 saturated carbocycles. The molecule has 134 valence electrons. The maximum Gasteiger partial charge on any atom is 0.191 e. The van der Waals surface area contributed by atoms with Crippen molar-refractivity contribution in [2.45, 2.75) is 25.7 Å². The van der Waals surface area contributed by atoms with Crippen molar-refractivity contribution in [3.8, 4) is 5.75 Å². The van der Waals surface area contributed by atoms with Gasteiger partial charge in [0.05, 0.1) is 11.6 Å². The number of methoxy groups -OCH3 is 1. The van der Waals surface area contributed by atoms with Gasteiger partial charge in [-0.25, -0.2) is 0 Å². The lowest BCUT2D eigenvalue weighted by Gasteiger charge is -2.42. The molecule has 6 heteroatoms. The summed E-state index contributed by atoms with van der Waals surface area (Å²) in [5.41, 5.74) is 0.363. The molecule has 5 nitrogen and oxygen atoms in total. The second-order valence-electron chi connectivity index (χ2n) is 6.23. The number of hydrogen-bond acceptors (Lipinski definition) is 3. The van der Waals surface area contributed by atoms with E-state index in [9.17, 15) is 0 Å². The zero-order valence-corrected chi connectivity index (χ0v) is 15.4. The third-order valence-electron chi connectivity index (χ3n) is 4.59. The van der Waals surface area contributed by atoms with Crippen molar-refractivity contribution >= 4 is 17.6 Å². The van der Waals surface area contributed by atoms with Crippen molar-refractivity contribution in [3.63, 3.8) is 0 Å². The molecule has 1 aliphatic rings. The largest absolute Gasteiger partial charge is 0.490 e. The Labute approximate surface area is 149 Å². The van der Waals surface area contributed by atoms with Crippen LogP contribution in [0.5, 0.6) is 5.75 Å². The van der Waals surface area contributed by atoms with Crippen molar-refractivity contribution in [2.75, 3.05) is 40.5 Å². The van der Waals surface area contributed by atoms with Crippen molar-refractivity contribution in [1.29, 1.82) is 0 Å². The molecular weight excluding hydrogens is 326 g/mol. The molecule has 1 aliphatic carbocycles. The monoisotopic (exact) mass is 353 g/mol. The highest BCUT2D eigenvalue weighted by atomic mass is 35.5. The van der Waals surface area contributed by atoms with E-state index in [0.717, 1.165) is 25.5 Å². The van der Waals surface area contributed by atoms with Crippen LogP contribution in [-0.2, 0) is 4.74 Å². The van der Waals surface area contributed by atoms with Gasteiger partial charge in [0, 0.05) is 27.3 Å². The molecule has 24 heavy (non-hydrogen) atoms. The van der Waals surface area contributed by atoms with Crippen LogP contribution in [0.25, 0.3) is 0 Å². The van der Waals surface area contributed by atoms with Crippen molar-refractivity contribution in [1.82, 2.24) is 10.6 Å².